The first kappa shape index (κ1) is 16.2. The second-order valence-electron chi connectivity index (χ2n) is 5.48. The van der Waals surface area contributed by atoms with E-state index < -0.39 is 5.97 Å². The summed E-state index contributed by atoms with van der Waals surface area (Å²) in [7, 11) is 1.27. The average molecular weight is 368 g/mol. The van der Waals surface area contributed by atoms with Crippen LogP contribution < -0.4 is 5.73 Å². The van der Waals surface area contributed by atoms with Gasteiger partial charge >= 0.3 is 5.97 Å². The number of aromatic nitrogens is 3. The highest BCUT2D eigenvalue weighted by Gasteiger charge is 2.26. The van der Waals surface area contributed by atoms with Crippen molar-refractivity contribution in [2.24, 2.45) is 0 Å². The summed E-state index contributed by atoms with van der Waals surface area (Å²) in [5.41, 5.74) is 8.15. The number of benzene rings is 2. The third kappa shape index (κ3) is 2.60. The van der Waals surface area contributed by atoms with Crippen LogP contribution in [0.4, 0.5) is 10.1 Å². The zero-order valence-corrected chi connectivity index (χ0v) is 14.5. The normalized spacial score (nSPS) is 11.0. The first-order valence-corrected chi connectivity index (χ1v) is 8.49. The van der Waals surface area contributed by atoms with E-state index in [-0.39, 0.29) is 17.2 Å². The second-order valence-corrected chi connectivity index (χ2v) is 6.51. The van der Waals surface area contributed by atoms with Crippen LogP contribution in [0.3, 0.4) is 0 Å². The molecule has 0 spiro atoms. The number of anilines is 1. The Kier molecular flexibility index (Phi) is 3.89. The number of para-hydroxylation sites is 1. The van der Waals surface area contributed by atoms with Gasteiger partial charge in [-0.05, 0) is 36.4 Å². The molecule has 0 saturated carbocycles. The molecule has 0 fully saturated rings. The van der Waals surface area contributed by atoms with Crippen LogP contribution in [0.25, 0.3) is 26.6 Å². The molecule has 2 aromatic carbocycles. The second kappa shape index (κ2) is 6.23. The number of hydrogen-bond donors (Lipinski definition) is 1. The molecule has 0 saturated heterocycles. The summed E-state index contributed by atoms with van der Waals surface area (Å²) in [5, 5.41) is 5.05. The van der Waals surface area contributed by atoms with E-state index in [2.05, 4.69) is 10.1 Å². The van der Waals surface area contributed by atoms with E-state index in [1.165, 1.54) is 47.4 Å². The number of carbonyl (C=O) groups excluding carboxylic acids is 1. The first-order chi connectivity index (χ1) is 12.6. The number of methoxy groups -OCH3 is 1. The molecule has 4 rings (SSSR count). The van der Waals surface area contributed by atoms with Gasteiger partial charge in [-0.1, -0.05) is 12.1 Å². The number of halogens is 1. The van der Waals surface area contributed by atoms with Crippen molar-refractivity contribution in [3.8, 4) is 16.4 Å². The third-order valence-electron chi connectivity index (χ3n) is 3.87. The van der Waals surface area contributed by atoms with Gasteiger partial charge < -0.3 is 10.5 Å². The third-order valence-corrected chi connectivity index (χ3v) is 4.91. The molecule has 6 nitrogen and oxygen atoms in total. The van der Waals surface area contributed by atoms with Gasteiger partial charge in [0.2, 0.25) is 0 Å². The summed E-state index contributed by atoms with van der Waals surface area (Å²) in [6, 6.07) is 13.2. The summed E-state index contributed by atoms with van der Waals surface area (Å²) in [5.74, 6) is -1.02. The van der Waals surface area contributed by atoms with Crippen molar-refractivity contribution in [3.05, 3.63) is 60.0 Å². The van der Waals surface area contributed by atoms with Crippen molar-refractivity contribution in [2.75, 3.05) is 12.8 Å². The molecule has 130 valence electrons. The number of nitrogen functional groups attached to an aromatic ring is 1. The van der Waals surface area contributed by atoms with Gasteiger partial charge in [-0.25, -0.2) is 18.9 Å². The van der Waals surface area contributed by atoms with Gasteiger partial charge in [-0.2, -0.15) is 5.10 Å². The molecule has 0 aliphatic heterocycles. The molecule has 0 aliphatic carbocycles. The molecule has 4 aromatic rings. The van der Waals surface area contributed by atoms with E-state index in [9.17, 15) is 9.18 Å². The summed E-state index contributed by atoms with van der Waals surface area (Å²) in [6.07, 6.45) is 0. The van der Waals surface area contributed by atoms with Crippen molar-refractivity contribution >= 4 is 33.2 Å². The van der Waals surface area contributed by atoms with Gasteiger partial charge in [-0.15, -0.1) is 11.3 Å². The van der Waals surface area contributed by atoms with E-state index in [0.717, 1.165) is 10.2 Å². The maximum Gasteiger partial charge on any atom is 0.358 e. The number of carbonyl (C=O) groups is 1. The van der Waals surface area contributed by atoms with Crippen LogP contribution in [0, 0.1) is 5.82 Å². The largest absolute Gasteiger partial charge is 0.464 e. The lowest BCUT2D eigenvalue weighted by Crippen LogP contribution is -2.12. The molecule has 2 N–H and O–H groups in total. The Morgan fingerprint density at radius 1 is 1.19 bits per heavy atom. The molecule has 26 heavy (non-hydrogen) atoms. The smallest absolute Gasteiger partial charge is 0.358 e. The van der Waals surface area contributed by atoms with Crippen LogP contribution in [-0.2, 0) is 4.74 Å². The fourth-order valence-electron chi connectivity index (χ4n) is 2.62. The highest BCUT2D eigenvalue weighted by Crippen LogP contribution is 2.35. The van der Waals surface area contributed by atoms with Crippen molar-refractivity contribution in [2.45, 2.75) is 0 Å². The van der Waals surface area contributed by atoms with Gasteiger partial charge in [-0.3, -0.25) is 0 Å². The summed E-state index contributed by atoms with van der Waals surface area (Å²) in [6.45, 7) is 0. The molecule has 8 heteroatoms. The molecule has 0 aliphatic rings. The minimum Gasteiger partial charge on any atom is -0.464 e. The quantitative estimate of drug-likeness (QED) is 0.558. The van der Waals surface area contributed by atoms with Crippen LogP contribution in [-0.4, -0.2) is 27.8 Å². The summed E-state index contributed by atoms with van der Waals surface area (Å²) >= 11 is 1.42. The molecule has 0 unspecified atom stereocenters. The topological polar surface area (TPSA) is 83.0 Å². The number of thiazole rings is 1. The number of rotatable bonds is 3. The standard InChI is InChI=1S/C18H13FN4O2S/c1-25-18(24)16-14(20)15(17-21-12-4-2-3-5-13(12)26-17)22-23(16)11-8-6-10(19)7-9-11/h2-9H,20H2,1H3. The van der Waals surface area contributed by atoms with Gasteiger partial charge in [0.05, 0.1) is 28.7 Å². The lowest BCUT2D eigenvalue weighted by molar-refractivity contribution is 0.0591. The van der Waals surface area contributed by atoms with Crippen LogP contribution in [0.5, 0.6) is 0 Å². The first-order valence-electron chi connectivity index (χ1n) is 7.67. The zero-order chi connectivity index (χ0) is 18.3. The SMILES string of the molecule is COC(=O)c1c(N)c(-c2nc3ccccc3s2)nn1-c1ccc(F)cc1. The van der Waals surface area contributed by atoms with Crippen LogP contribution in [0.2, 0.25) is 0 Å². The molecule has 0 radical (unpaired) electrons. The summed E-state index contributed by atoms with van der Waals surface area (Å²) in [4.78, 5) is 16.8. The average Bonchev–Trinajstić information content (AvgIpc) is 3.22. The van der Waals surface area contributed by atoms with E-state index in [1.807, 2.05) is 24.3 Å². The van der Waals surface area contributed by atoms with E-state index in [1.54, 1.807) is 0 Å². The van der Waals surface area contributed by atoms with Gasteiger partial charge in [0, 0.05) is 0 Å². The predicted octanol–water partition coefficient (Wildman–Crippen LogP) is 3.66. The maximum atomic E-state index is 13.2. The Morgan fingerprint density at radius 2 is 1.92 bits per heavy atom. The lowest BCUT2D eigenvalue weighted by Gasteiger charge is -2.06. The fourth-order valence-corrected chi connectivity index (χ4v) is 3.59. The highest BCUT2D eigenvalue weighted by molar-refractivity contribution is 7.21. The predicted molar refractivity (Wildman–Crippen MR) is 97.9 cm³/mol. The van der Waals surface area contributed by atoms with Crippen LogP contribution >= 0.6 is 11.3 Å². The molecule has 0 atom stereocenters. The monoisotopic (exact) mass is 368 g/mol. The molecular formula is C18H13FN4O2S. The molecule has 2 aromatic heterocycles. The molecule has 0 bridgehead atoms. The number of esters is 1. The molecule has 0 amide bonds. The summed E-state index contributed by atoms with van der Waals surface area (Å²) < 4.78 is 20.4. The number of fused-ring (bicyclic) bond motifs is 1. The van der Waals surface area contributed by atoms with Gasteiger partial charge in [0.25, 0.3) is 0 Å². The Labute approximate surface area is 151 Å². The van der Waals surface area contributed by atoms with Gasteiger partial charge in [0.1, 0.15) is 16.5 Å². The lowest BCUT2D eigenvalue weighted by atomic mass is 10.2. The van der Waals surface area contributed by atoms with Crippen LogP contribution in [0.1, 0.15) is 10.5 Å². The van der Waals surface area contributed by atoms with E-state index in [4.69, 9.17) is 10.5 Å². The zero-order valence-electron chi connectivity index (χ0n) is 13.6. The van der Waals surface area contributed by atoms with Crippen molar-refractivity contribution in [1.82, 2.24) is 14.8 Å². The van der Waals surface area contributed by atoms with Crippen molar-refractivity contribution < 1.29 is 13.9 Å². The molecule has 2 heterocycles. The minimum absolute atomic E-state index is 0.0772. The van der Waals surface area contributed by atoms with Crippen molar-refractivity contribution in [1.29, 1.82) is 0 Å². The number of nitrogens with zero attached hydrogens (tertiary/aromatic N) is 3. The van der Waals surface area contributed by atoms with E-state index >= 15 is 0 Å². The highest BCUT2D eigenvalue weighted by atomic mass is 32.1. The Balaban J connectivity index is 1.93. The van der Waals surface area contributed by atoms with Gasteiger partial charge in [0.15, 0.2) is 5.69 Å². The minimum atomic E-state index is -0.633. The van der Waals surface area contributed by atoms with E-state index in [0.29, 0.717) is 16.4 Å². The Morgan fingerprint density at radius 3 is 2.62 bits per heavy atom. The number of ether oxygens (including phenoxy) is 1. The Hall–Kier alpha value is -3.26. The number of nitrogens with two attached hydrogens (primary N) is 1. The van der Waals surface area contributed by atoms with Crippen molar-refractivity contribution in [3.63, 3.8) is 0 Å². The van der Waals surface area contributed by atoms with Crippen LogP contribution in [0.15, 0.2) is 48.5 Å². The number of hydrogen-bond acceptors (Lipinski definition) is 6. The fraction of sp³-hybridized carbons (Fsp3) is 0.0556. The molecular weight excluding hydrogens is 355 g/mol. The Bertz CT molecular complexity index is 1090. The maximum absolute atomic E-state index is 13.2.